The van der Waals surface area contributed by atoms with E-state index in [9.17, 15) is 8.42 Å². The van der Waals surface area contributed by atoms with E-state index in [0.717, 1.165) is 17.7 Å². The molecule has 3 rings (SSSR count). The van der Waals surface area contributed by atoms with Gasteiger partial charge in [-0.05, 0) is 44.9 Å². The molecule has 0 aliphatic carbocycles. The Hall–Kier alpha value is -1.73. The molecule has 7 heteroatoms. The minimum atomic E-state index is -3.51. The summed E-state index contributed by atoms with van der Waals surface area (Å²) in [5, 5.41) is 4.24. The summed E-state index contributed by atoms with van der Waals surface area (Å²) in [6.45, 7) is 6.57. The van der Waals surface area contributed by atoms with Crippen LogP contribution in [0.3, 0.4) is 0 Å². The summed E-state index contributed by atoms with van der Waals surface area (Å²) in [6.07, 6.45) is 2.59. The first kappa shape index (κ1) is 16.1. The molecule has 0 N–H and O–H groups in total. The molecular formula is C16H22N4O2S. The van der Waals surface area contributed by atoms with Gasteiger partial charge in [0.2, 0.25) is 10.0 Å². The number of rotatable bonds is 3. The van der Waals surface area contributed by atoms with E-state index >= 15 is 0 Å². The summed E-state index contributed by atoms with van der Waals surface area (Å²) < 4.78 is 29.2. The van der Waals surface area contributed by atoms with E-state index < -0.39 is 10.0 Å². The van der Waals surface area contributed by atoms with Crippen LogP contribution in [-0.4, -0.2) is 40.6 Å². The normalized spacial score (nSPS) is 19.4. The van der Waals surface area contributed by atoms with Crippen LogP contribution in [0.25, 0.3) is 0 Å². The molecule has 1 atom stereocenters. The molecule has 0 unspecified atom stereocenters. The van der Waals surface area contributed by atoms with Crippen LogP contribution in [0.15, 0.2) is 23.2 Å². The van der Waals surface area contributed by atoms with E-state index in [1.807, 2.05) is 19.1 Å². The van der Waals surface area contributed by atoms with Gasteiger partial charge in [-0.1, -0.05) is 0 Å². The molecule has 3 heterocycles. The van der Waals surface area contributed by atoms with Gasteiger partial charge in [0.15, 0.2) is 0 Å². The molecule has 2 aromatic heterocycles. The van der Waals surface area contributed by atoms with Gasteiger partial charge in [0.05, 0.1) is 11.4 Å². The lowest BCUT2D eigenvalue weighted by atomic mass is 10.0. The highest BCUT2D eigenvalue weighted by Gasteiger charge is 2.36. The number of nitrogens with zero attached hydrogens (tertiary/aromatic N) is 4. The third kappa shape index (κ3) is 2.79. The van der Waals surface area contributed by atoms with Crippen LogP contribution in [0.4, 0.5) is 0 Å². The summed E-state index contributed by atoms with van der Waals surface area (Å²) in [6, 6.07) is 4.00. The summed E-state index contributed by atoms with van der Waals surface area (Å²) in [7, 11) is -1.74. The molecule has 0 spiro atoms. The van der Waals surface area contributed by atoms with E-state index in [1.165, 1.54) is 0 Å². The lowest BCUT2D eigenvalue weighted by Gasteiger charge is -2.17. The summed E-state index contributed by atoms with van der Waals surface area (Å²) in [4.78, 5) is 4.76. The first-order valence-electron chi connectivity index (χ1n) is 7.73. The first-order chi connectivity index (χ1) is 10.8. The van der Waals surface area contributed by atoms with Crippen LogP contribution >= 0.6 is 0 Å². The number of aromatic nitrogens is 3. The summed E-state index contributed by atoms with van der Waals surface area (Å²) in [5.74, 6) is 0.155. The minimum absolute atomic E-state index is 0.155. The van der Waals surface area contributed by atoms with Gasteiger partial charge < -0.3 is 0 Å². The first-order valence-corrected chi connectivity index (χ1v) is 9.17. The van der Waals surface area contributed by atoms with Crippen molar-refractivity contribution in [3.05, 3.63) is 41.0 Å². The van der Waals surface area contributed by atoms with Crippen LogP contribution in [0.2, 0.25) is 0 Å². The molecule has 1 saturated heterocycles. The van der Waals surface area contributed by atoms with Gasteiger partial charge in [0, 0.05) is 37.9 Å². The molecule has 0 bridgehead atoms. The van der Waals surface area contributed by atoms with Crippen molar-refractivity contribution in [3.8, 4) is 0 Å². The fraction of sp³-hybridized carbons (Fsp3) is 0.500. The van der Waals surface area contributed by atoms with E-state index in [4.69, 9.17) is 0 Å². The van der Waals surface area contributed by atoms with Gasteiger partial charge in [-0.15, -0.1) is 0 Å². The zero-order valence-electron chi connectivity index (χ0n) is 13.9. The van der Waals surface area contributed by atoms with Crippen molar-refractivity contribution in [2.45, 2.75) is 38.0 Å². The molecule has 0 aromatic carbocycles. The molecular weight excluding hydrogens is 312 g/mol. The van der Waals surface area contributed by atoms with Crippen molar-refractivity contribution in [2.75, 3.05) is 13.1 Å². The molecule has 124 valence electrons. The van der Waals surface area contributed by atoms with Gasteiger partial charge in [-0.2, -0.15) is 9.40 Å². The summed E-state index contributed by atoms with van der Waals surface area (Å²) >= 11 is 0. The van der Waals surface area contributed by atoms with Crippen molar-refractivity contribution in [1.82, 2.24) is 19.1 Å². The Bertz CT molecular complexity index is 842. The predicted molar refractivity (Wildman–Crippen MR) is 87.8 cm³/mol. The lowest BCUT2D eigenvalue weighted by molar-refractivity contribution is 0.471. The Labute approximate surface area is 137 Å². The molecule has 6 nitrogen and oxygen atoms in total. The Balaban J connectivity index is 1.88. The lowest BCUT2D eigenvalue weighted by Crippen LogP contribution is -2.29. The van der Waals surface area contributed by atoms with Crippen molar-refractivity contribution in [3.63, 3.8) is 0 Å². The van der Waals surface area contributed by atoms with Crippen LogP contribution < -0.4 is 0 Å². The van der Waals surface area contributed by atoms with Crippen LogP contribution in [0.5, 0.6) is 0 Å². The Morgan fingerprint density at radius 1 is 1.26 bits per heavy atom. The second-order valence-electron chi connectivity index (χ2n) is 6.23. The van der Waals surface area contributed by atoms with E-state index in [2.05, 4.69) is 10.1 Å². The predicted octanol–water partition coefficient (Wildman–Crippen LogP) is 1.92. The molecule has 0 amide bonds. The zero-order valence-corrected chi connectivity index (χ0v) is 14.8. The molecule has 1 aliphatic rings. The van der Waals surface area contributed by atoms with Crippen molar-refractivity contribution < 1.29 is 8.42 Å². The van der Waals surface area contributed by atoms with Gasteiger partial charge >= 0.3 is 0 Å². The average Bonchev–Trinajstić information content (AvgIpc) is 3.05. The van der Waals surface area contributed by atoms with E-state index in [1.54, 1.807) is 36.1 Å². The maximum absolute atomic E-state index is 13.0. The zero-order chi connectivity index (χ0) is 16.8. The van der Waals surface area contributed by atoms with E-state index in [0.29, 0.717) is 29.4 Å². The van der Waals surface area contributed by atoms with Gasteiger partial charge in [-0.25, -0.2) is 8.42 Å². The second kappa shape index (κ2) is 5.72. The van der Waals surface area contributed by atoms with Crippen LogP contribution in [-0.2, 0) is 17.1 Å². The van der Waals surface area contributed by atoms with Crippen molar-refractivity contribution >= 4 is 10.0 Å². The van der Waals surface area contributed by atoms with Crippen molar-refractivity contribution in [2.24, 2.45) is 7.05 Å². The largest absolute Gasteiger partial charge is 0.271 e. The maximum atomic E-state index is 13.0. The molecule has 1 fully saturated rings. The fourth-order valence-electron chi connectivity index (χ4n) is 3.23. The van der Waals surface area contributed by atoms with Crippen molar-refractivity contribution in [1.29, 1.82) is 0 Å². The fourth-order valence-corrected chi connectivity index (χ4v) is 5.13. The van der Waals surface area contributed by atoms with Gasteiger partial charge in [-0.3, -0.25) is 9.67 Å². The topological polar surface area (TPSA) is 68.1 Å². The third-order valence-electron chi connectivity index (χ3n) is 4.55. The highest BCUT2D eigenvalue weighted by atomic mass is 32.2. The number of pyridine rings is 1. The highest BCUT2D eigenvalue weighted by Crippen LogP contribution is 2.32. The number of hydrogen-bond acceptors (Lipinski definition) is 4. The smallest absolute Gasteiger partial charge is 0.246 e. The Kier molecular flexibility index (Phi) is 4.01. The van der Waals surface area contributed by atoms with Gasteiger partial charge in [0.25, 0.3) is 0 Å². The standard InChI is InChI=1S/C16H22N4O2S/c1-11-5-7-17-15(9-11)14-6-8-20(10-14)23(21,22)16-12(2)18-19(4)13(16)3/h5,7,9,14H,6,8,10H2,1-4H3/t14-/m0/s1. The van der Waals surface area contributed by atoms with Gasteiger partial charge in [0.1, 0.15) is 4.90 Å². The SMILES string of the molecule is Cc1ccnc([C@H]2CCN(S(=O)(=O)c3c(C)nn(C)c3C)C2)c1. The average molecular weight is 334 g/mol. The molecule has 0 saturated carbocycles. The highest BCUT2D eigenvalue weighted by molar-refractivity contribution is 7.89. The van der Waals surface area contributed by atoms with E-state index in [-0.39, 0.29) is 5.92 Å². The molecule has 2 aromatic rings. The Morgan fingerprint density at radius 2 is 2.00 bits per heavy atom. The minimum Gasteiger partial charge on any atom is -0.271 e. The summed E-state index contributed by atoms with van der Waals surface area (Å²) in [5.41, 5.74) is 3.36. The Morgan fingerprint density at radius 3 is 2.61 bits per heavy atom. The van der Waals surface area contributed by atoms with Crippen LogP contribution in [0, 0.1) is 20.8 Å². The monoisotopic (exact) mass is 334 g/mol. The maximum Gasteiger partial charge on any atom is 0.246 e. The third-order valence-corrected chi connectivity index (χ3v) is 6.66. The number of hydrogen-bond donors (Lipinski definition) is 0. The molecule has 23 heavy (non-hydrogen) atoms. The number of sulfonamides is 1. The quantitative estimate of drug-likeness (QED) is 0.860. The number of aryl methyl sites for hydroxylation is 3. The molecule has 0 radical (unpaired) electrons. The molecule has 1 aliphatic heterocycles. The second-order valence-corrected chi connectivity index (χ2v) is 8.11. The van der Waals surface area contributed by atoms with Crippen LogP contribution in [0.1, 0.15) is 35.0 Å².